The number of Topliss-reactive ketones (excluding diaryl/α,β-unsaturated/α-hetero) is 1. The minimum absolute atomic E-state index is 0.144. The van der Waals surface area contributed by atoms with E-state index in [2.05, 4.69) is 10.6 Å². The normalized spacial score (nSPS) is 18.2. The second-order valence-electron chi connectivity index (χ2n) is 7.69. The third-order valence-electron chi connectivity index (χ3n) is 5.60. The van der Waals surface area contributed by atoms with Crippen LogP contribution in [0.2, 0.25) is 5.02 Å². The van der Waals surface area contributed by atoms with Crippen LogP contribution in [-0.4, -0.2) is 16.6 Å². The summed E-state index contributed by atoms with van der Waals surface area (Å²) in [6.07, 6.45) is 1.58. The maximum Gasteiger partial charge on any atom is 0.269 e. The minimum atomic E-state index is -0.889. The zero-order chi connectivity index (χ0) is 23.0. The summed E-state index contributed by atoms with van der Waals surface area (Å²) in [6, 6.07) is 9.40. The average Bonchev–Trinajstić information content (AvgIpc) is 2.73. The second kappa shape index (κ2) is 8.55. The van der Waals surface area contributed by atoms with Gasteiger partial charge in [-0.1, -0.05) is 17.7 Å². The van der Waals surface area contributed by atoms with E-state index in [1.165, 1.54) is 36.4 Å². The number of carbonyl (C=O) groups excluding carboxylic acids is 2. The molecule has 1 unspecified atom stereocenters. The van der Waals surface area contributed by atoms with Gasteiger partial charge in [0.05, 0.1) is 4.92 Å². The van der Waals surface area contributed by atoms with E-state index >= 15 is 0 Å². The van der Waals surface area contributed by atoms with Crippen molar-refractivity contribution in [3.63, 3.8) is 0 Å². The van der Waals surface area contributed by atoms with Gasteiger partial charge in [-0.2, -0.15) is 0 Å². The van der Waals surface area contributed by atoms with Crippen LogP contribution in [0.25, 0.3) is 0 Å². The Morgan fingerprint density at radius 3 is 2.75 bits per heavy atom. The first-order chi connectivity index (χ1) is 15.3. The highest BCUT2D eigenvalue weighted by atomic mass is 35.5. The van der Waals surface area contributed by atoms with Gasteiger partial charge in [-0.15, -0.1) is 0 Å². The topological polar surface area (TPSA) is 101 Å². The molecule has 2 aromatic rings. The summed E-state index contributed by atoms with van der Waals surface area (Å²) in [5.74, 6) is -2.10. The van der Waals surface area contributed by atoms with Gasteiger partial charge in [0, 0.05) is 57.7 Å². The van der Waals surface area contributed by atoms with E-state index in [1.807, 2.05) is 0 Å². The predicted octanol–water partition coefficient (Wildman–Crippen LogP) is 4.99. The van der Waals surface area contributed by atoms with Crippen LogP contribution in [0.5, 0.6) is 0 Å². The minimum Gasteiger partial charge on any atom is -0.362 e. The maximum absolute atomic E-state index is 13.6. The Hall–Kier alpha value is -3.52. The largest absolute Gasteiger partial charge is 0.362 e. The van der Waals surface area contributed by atoms with E-state index < -0.39 is 22.6 Å². The van der Waals surface area contributed by atoms with Crippen molar-refractivity contribution in [2.75, 3.05) is 5.32 Å². The first-order valence-electron chi connectivity index (χ1n) is 10.0. The quantitative estimate of drug-likeness (QED) is 0.499. The van der Waals surface area contributed by atoms with Crippen LogP contribution in [0.4, 0.5) is 15.8 Å². The molecule has 0 radical (unpaired) electrons. The van der Waals surface area contributed by atoms with Crippen LogP contribution in [0.3, 0.4) is 0 Å². The number of hydrogen-bond donors (Lipinski definition) is 2. The molecule has 0 saturated heterocycles. The van der Waals surface area contributed by atoms with Gasteiger partial charge in [-0.3, -0.25) is 19.7 Å². The number of allylic oxidation sites excluding steroid dienone is 3. The third-order valence-corrected chi connectivity index (χ3v) is 5.95. The molecule has 164 valence electrons. The van der Waals surface area contributed by atoms with E-state index in [0.29, 0.717) is 41.8 Å². The van der Waals surface area contributed by atoms with Crippen LogP contribution in [0.15, 0.2) is 65.0 Å². The third kappa shape index (κ3) is 4.01. The number of hydrogen-bond acceptors (Lipinski definition) is 5. The molecular weight excluding hydrogens is 437 g/mol. The summed E-state index contributed by atoms with van der Waals surface area (Å²) in [5.41, 5.74) is 2.12. The average molecular weight is 456 g/mol. The number of rotatable bonds is 4. The molecule has 1 atom stereocenters. The van der Waals surface area contributed by atoms with Crippen LogP contribution >= 0.6 is 11.6 Å². The summed E-state index contributed by atoms with van der Waals surface area (Å²) >= 11 is 6.43. The number of nitrogens with one attached hydrogen (secondary N) is 2. The molecule has 0 spiro atoms. The van der Waals surface area contributed by atoms with Crippen LogP contribution in [0, 0.1) is 15.9 Å². The summed E-state index contributed by atoms with van der Waals surface area (Å²) in [4.78, 5) is 37.1. The van der Waals surface area contributed by atoms with Crippen molar-refractivity contribution in [3.8, 4) is 0 Å². The Morgan fingerprint density at radius 1 is 1.25 bits per heavy atom. The van der Waals surface area contributed by atoms with Crippen molar-refractivity contribution in [2.24, 2.45) is 0 Å². The number of ketones is 1. The summed E-state index contributed by atoms with van der Waals surface area (Å²) < 4.78 is 13.6. The van der Waals surface area contributed by atoms with E-state index in [4.69, 9.17) is 11.6 Å². The first kappa shape index (κ1) is 21.7. The molecule has 2 N–H and O–H groups in total. The molecule has 1 aliphatic carbocycles. The number of anilines is 1. The molecule has 1 heterocycles. The lowest BCUT2D eigenvalue weighted by Crippen LogP contribution is -2.35. The Labute approximate surface area is 188 Å². The van der Waals surface area contributed by atoms with E-state index in [9.17, 15) is 24.1 Å². The standard InChI is InChI=1S/C23H19ClFN3O4/c1-12-20(23(30)27-14-5-2-4-13(25)10-14)21(22-18(26-12)6-3-7-19(22)29)16-11-15(28(31)32)8-9-17(16)24/h2,4-5,8-11,21,26H,3,6-7H2,1H3,(H,27,30). The van der Waals surface area contributed by atoms with Gasteiger partial charge in [0.15, 0.2) is 5.78 Å². The lowest BCUT2D eigenvalue weighted by atomic mass is 9.75. The highest BCUT2D eigenvalue weighted by Crippen LogP contribution is 2.45. The molecule has 1 amide bonds. The highest BCUT2D eigenvalue weighted by molar-refractivity contribution is 6.31. The molecule has 0 fully saturated rings. The number of halogens is 2. The van der Waals surface area contributed by atoms with Crippen molar-refractivity contribution in [2.45, 2.75) is 32.1 Å². The van der Waals surface area contributed by atoms with Gasteiger partial charge in [-0.25, -0.2) is 4.39 Å². The van der Waals surface area contributed by atoms with Gasteiger partial charge in [0.1, 0.15) is 5.82 Å². The first-order valence-corrected chi connectivity index (χ1v) is 10.4. The van der Waals surface area contributed by atoms with Gasteiger partial charge in [-0.05, 0) is 49.6 Å². The zero-order valence-corrected chi connectivity index (χ0v) is 17.8. The summed E-state index contributed by atoms with van der Waals surface area (Å²) in [7, 11) is 0. The molecule has 32 heavy (non-hydrogen) atoms. The van der Waals surface area contributed by atoms with E-state index in [1.54, 1.807) is 13.0 Å². The van der Waals surface area contributed by atoms with Crippen LogP contribution < -0.4 is 10.6 Å². The maximum atomic E-state index is 13.6. The number of nitrogens with zero attached hydrogens (tertiary/aromatic N) is 1. The molecule has 1 aliphatic heterocycles. The molecule has 0 bridgehead atoms. The van der Waals surface area contributed by atoms with Gasteiger partial charge < -0.3 is 10.6 Å². The summed E-state index contributed by atoms with van der Waals surface area (Å²) in [5, 5.41) is 17.4. The van der Waals surface area contributed by atoms with Crippen molar-refractivity contribution in [3.05, 3.63) is 91.5 Å². The number of dihydropyridines is 1. The smallest absolute Gasteiger partial charge is 0.269 e. The zero-order valence-electron chi connectivity index (χ0n) is 17.1. The Kier molecular flexibility index (Phi) is 5.80. The van der Waals surface area contributed by atoms with E-state index in [-0.39, 0.29) is 27.8 Å². The Balaban J connectivity index is 1.86. The number of amides is 1. The molecule has 0 saturated carbocycles. The molecular formula is C23H19ClFN3O4. The second-order valence-corrected chi connectivity index (χ2v) is 8.10. The number of carbonyl (C=O) groups is 2. The fourth-order valence-electron chi connectivity index (χ4n) is 4.23. The van der Waals surface area contributed by atoms with Crippen molar-refractivity contribution < 1.29 is 18.9 Å². The summed E-state index contributed by atoms with van der Waals surface area (Å²) in [6.45, 7) is 1.70. The van der Waals surface area contributed by atoms with Gasteiger partial charge in [0.25, 0.3) is 11.6 Å². The molecule has 0 aromatic heterocycles. The van der Waals surface area contributed by atoms with Crippen LogP contribution in [0.1, 0.15) is 37.7 Å². The number of benzene rings is 2. The van der Waals surface area contributed by atoms with Gasteiger partial charge in [0.2, 0.25) is 0 Å². The molecule has 7 nitrogen and oxygen atoms in total. The Morgan fingerprint density at radius 2 is 2.03 bits per heavy atom. The van der Waals surface area contributed by atoms with Crippen molar-refractivity contribution in [1.29, 1.82) is 0 Å². The lowest BCUT2D eigenvalue weighted by molar-refractivity contribution is -0.384. The molecule has 4 rings (SSSR count). The number of nitro benzene ring substituents is 1. The fraction of sp³-hybridized carbons (Fsp3) is 0.217. The van der Waals surface area contributed by atoms with Crippen LogP contribution in [-0.2, 0) is 9.59 Å². The van der Waals surface area contributed by atoms with Crippen molar-refractivity contribution >= 4 is 34.7 Å². The van der Waals surface area contributed by atoms with E-state index in [0.717, 1.165) is 0 Å². The number of non-ortho nitro benzene ring substituents is 1. The van der Waals surface area contributed by atoms with Gasteiger partial charge >= 0.3 is 0 Å². The highest BCUT2D eigenvalue weighted by Gasteiger charge is 2.39. The number of nitro groups is 1. The predicted molar refractivity (Wildman–Crippen MR) is 118 cm³/mol. The molecule has 9 heteroatoms. The fourth-order valence-corrected chi connectivity index (χ4v) is 4.45. The van der Waals surface area contributed by atoms with Crippen molar-refractivity contribution in [1.82, 2.24) is 5.32 Å². The molecule has 2 aromatic carbocycles. The Bertz CT molecular complexity index is 1220. The monoisotopic (exact) mass is 455 g/mol. The lowest BCUT2D eigenvalue weighted by Gasteiger charge is -2.34. The SMILES string of the molecule is CC1=C(C(=O)Nc2cccc(F)c2)C(c2cc([N+](=O)[O-])ccc2Cl)C2=C(CCCC2=O)N1. The molecule has 2 aliphatic rings.